The van der Waals surface area contributed by atoms with Gasteiger partial charge in [-0.15, -0.1) is 0 Å². The number of fused-ring (bicyclic) bond motifs is 1. The van der Waals surface area contributed by atoms with Gasteiger partial charge < -0.3 is 14.9 Å². The number of carbonyl (C=O) groups is 1. The van der Waals surface area contributed by atoms with Gasteiger partial charge in [0.1, 0.15) is 5.82 Å². The molecule has 2 N–H and O–H groups in total. The third-order valence-electron chi connectivity index (χ3n) is 3.93. The van der Waals surface area contributed by atoms with Crippen molar-refractivity contribution in [2.45, 2.75) is 32.7 Å². The molecular weight excluding hydrogens is 254 g/mol. The Labute approximate surface area is 117 Å². The predicted molar refractivity (Wildman–Crippen MR) is 74.1 cm³/mol. The summed E-state index contributed by atoms with van der Waals surface area (Å²) >= 11 is 0. The van der Waals surface area contributed by atoms with Gasteiger partial charge in [0.05, 0.1) is 12.0 Å². The number of aromatic amines is 1. The lowest BCUT2D eigenvalue weighted by molar-refractivity contribution is -0.125. The van der Waals surface area contributed by atoms with E-state index in [2.05, 4.69) is 20.3 Å². The molecule has 1 unspecified atom stereocenters. The largest absolute Gasteiger partial charge is 0.354 e. The molecule has 0 aromatic carbocycles. The fourth-order valence-corrected chi connectivity index (χ4v) is 2.71. The van der Waals surface area contributed by atoms with E-state index in [9.17, 15) is 4.79 Å². The van der Waals surface area contributed by atoms with Crippen molar-refractivity contribution < 1.29 is 4.79 Å². The van der Waals surface area contributed by atoms with Crippen molar-refractivity contribution in [2.75, 3.05) is 6.54 Å². The number of amides is 1. The minimum absolute atomic E-state index is 0.0619. The van der Waals surface area contributed by atoms with Gasteiger partial charge >= 0.3 is 0 Å². The Morgan fingerprint density at radius 3 is 3.25 bits per heavy atom. The number of nitrogens with zero attached hydrogens (tertiary/aromatic N) is 3. The SMILES string of the molecule is Cc1nccn1CCNC(=O)C1CCc2nc[nH]c2C1. The Morgan fingerprint density at radius 2 is 2.45 bits per heavy atom. The van der Waals surface area contributed by atoms with Crippen molar-refractivity contribution in [3.63, 3.8) is 0 Å². The van der Waals surface area contributed by atoms with Crippen LogP contribution >= 0.6 is 0 Å². The molecule has 2 heterocycles. The van der Waals surface area contributed by atoms with E-state index in [1.807, 2.05) is 17.7 Å². The fourth-order valence-electron chi connectivity index (χ4n) is 2.71. The highest BCUT2D eigenvalue weighted by Crippen LogP contribution is 2.22. The van der Waals surface area contributed by atoms with Gasteiger partial charge in [-0.2, -0.15) is 0 Å². The van der Waals surface area contributed by atoms with Crippen LogP contribution in [0, 0.1) is 12.8 Å². The van der Waals surface area contributed by atoms with Gasteiger partial charge in [-0.25, -0.2) is 9.97 Å². The van der Waals surface area contributed by atoms with Gasteiger partial charge in [-0.05, 0) is 19.8 Å². The monoisotopic (exact) mass is 273 g/mol. The summed E-state index contributed by atoms with van der Waals surface area (Å²) in [7, 11) is 0. The van der Waals surface area contributed by atoms with Crippen molar-refractivity contribution >= 4 is 5.91 Å². The Balaban J connectivity index is 1.49. The number of aryl methyl sites for hydroxylation is 2. The predicted octanol–water partition coefficient (Wildman–Crippen LogP) is 0.836. The zero-order chi connectivity index (χ0) is 13.9. The van der Waals surface area contributed by atoms with Gasteiger partial charge in [0.25, 0.3) is 0 Å². The molecule has 6 heteroatoms. The van der Waals surface area contributed by atoms with Gasteiger partial charge in [-0.1, -0.05) is 0 Å². The number of aromatic nitrogens is 4. The van der Waals surface area contributed by atoms with Crippen molar-refractivity contribution in [1.82, 2.24) is 24.8 Å². The molecule has 20 heavy (non-hydrogen) atoms. The molecule has 0 saturated carbocycles. The molecule has 1 aliphatic rings. The summed E-state index contributed by atoms with van der Waals surface area (Å²) in [5.74, 6) is 1.17. The van der Waals surface area contributed by atoms with Crippen LogP contribution in [0.15, 0.2) is 18.7 Å². The van der Waals surface area contributed by atoms with E-state index in [0.29, 0.717) is 6.54 Å². The highest BCUT2D eigenvalue weighted by molar-refractivity contribution is 5.79. The molecule has 1 aliphatic carbocycles. The first-order chi connectivity index (χ1) is 9.74. The summed E-state index contributed by atoms with van der Waals surface area (Å²) in [6.45, 7) is 3.37. The molecule has 2 aromatic rings. The van der Waals surface area contributed by atoms with E-state index in [1.165, 1.54) is 0 Å². The lowest BCUT2D eigenvalue weighted by Crippen LogP contribution is -2.35. The van der Waals surface area contributed by atoms with Crippen LogP contribution in [-0.2, 0) is 24.2 Å². The first-order valence-electron chi connectivity index (χ1n) is 7.00. The van der Waals surface area contributed by atoms with Crippen LogP contribution in [0.25, 0.3) is 0 Å². The molecule has 0 saturated heterocycles. The van der Waals surface area contributed by atoms with Crippen LogP contribution < -0.4 is 5.32 Å². The standard InChI is InChI=1S/C14H19N5O/c1-10-15-4-6-19(10)7-5-16-14(20)11-2-3-12-13(8-11)18-9-17-12/h4,6,9,11H,2-3,5,7-8H2,1H3,(H,16,20)(H,17,18). The molecular formula is C14H19N5O. The van der Waals surface area contributed by atoms with Crippen LogP contribution in [0.2, 0.25) is 0 Å². The van der Waals surface area contributed by atoms with E-state index in [1.54, 1.807) is 12.5 Å². The topological polar surface area (TPSA) is 75.6 Å². The van der Waals surface area contributed by atoms with Crippen molar-refractivity contribution in [1.29, 1.82) is 0 Å². The highest BCUT2D eigenvalue weighted by atomic mass is 16.1. The minimum atomic E-state index is 0.0619. The quantitative estimate of drug-likeness (QED) is 0.866. The molecule has 6 nitrogen and oxygen atoms in total. The molecule has 3 rings (SSSR count). The second-order valence-electron chi connectivity index (χ2n) is 5.23. The second kappa shape index (κ2) is 5.48. The van der Waals surface area contributed by atoms with E-state index in [0.717, 1.165) is 43.0 Å². The van der Waals surface area contributed by atoms with Gasteiger partial charge in [-0.3, -0.25) is 4.79 Å². The maximum atomic E-state index is 12.2. The molecule has 106 valence electrons. The van der Waals surface area contributed by atoms with Crippen LogP contribution in [0.4, 0.5) is 0 Å². The first-order valence-corrected chi connectivity index (χ1v) is 7.00. The lowest BCUT2D eigenvalue weighted by atomic mass is 9.89. The summed E-state index contributed by atoms with van der Waals surface area (Å²) in [6.07, 6.45) is 7.96. The average molecular weight is 273 g/mol. The maximum Gasteiger partial charge on any atom is 0.223 e. The third kappa shape index (κ3) is 2.59. The fraction of sp³-hybridized carbons (Fsp3) is 0.500. The number of hydrogen-bond donors (Lipinski definition) is 2. The average Bonchev–Trinajstić information content (AvgIpc) is 3.07. The second-order valence-corrected chi connectivity index (χ2v) is 5.23. The maximum absolute atomic E-state index is 12.2. The van der Waals surface area contributed by atoms with Crippen LogP contribution in [0.3, 0.4) is 0 Å². The summed E-state index contributed by atoms with van der Waals surface area (Å²) in [6, 6.07) is 0. The molecule has 0 fully saturated rings. The zero-order valence-corrected chi connectivity index (χ0v) is 11.6. The van der Waals surface area contributed by atoms with Crippen molar-refractivity contribution in [2.24, 2.45) is 5.92 Å². The van der Waals surface area contributed by atoms with E-state index in [4.69, 9.17) is 0 Å². The highest BCUT2D eigenvalue weighted by Gasteiger charge is 2.25. The Hall–Kier alpha value is -2.11. The number of imidazole rings is 2. The van der Waals surface area contributed by atoms with Crippen LogP contribution in [0.5, 0.6) is 0 Å². The number of carbonyl (C=O) groups excluding carboxylic acids is 1. The number of hydrogen-bond acceptors (Lipinski definition) is 3. The number of H-pyrrole nitrogens is 1. The molecule has 0 bridgehead atoms. The Bertz CT molecular complexity index is 600. The van der Waals surface area contributed by atoms with Crippen molar-refractivity contribution in [3.8, 4) is 0 Å². The van der Waals surface area contributed by atoms with Gasteiger partial charge in [0.15, 0.2) is 0 Å². The molecule has 1 atom stereocenters. The summed E-state index contributed by atoms with van der Waals surface area (Å²) in [5, 5.41) is 3.02. The smallest absolute Gasteiger partial charge is 0.223 e. The zero-order valence-electron chi connectivity index (χ0n) is 11.6. The molecule has 2 aromatic heterocycles. The van der Waals surface area contributed by atoms with Gasteiger partial charge in [0, 0.05) is 43.5 Å². The summed E-state index contributed by atoms with van der Waals surface area (Å²) in [4.78, 5) is 23.7. The molecule has 1 amide bonds. The van der Waals surface area contributed by atoms with E-state index < -0.39 is 0 Å². The number of nitrogens with one attached hydrogen (secondary N) is 2. The van der Waals surface area contributed by atoms with Crippen LogP contribution in [-0.4, -0.2) is 32.0 Å². The molecule has 0 spiro atoms. The normalized spacial score (nSPS) is 17.8. The van der Waals surface area contributed by atoms with E-state index >= 15 is 0 Å². The molecule has 0 radical (unpaired) electrons. The summed E-state index contributed by atoms with van der Waals surface area (Å²) < 4.78 is 2.04. The lowest BCUT2D eigenvalue weighted by Gasteiger charge is -2.20. The Morgan fingerprint density at radius 1 is 1.55 bits per heavy atom. The minimum Gasteiger partial charge on any atom is -0.354 e. The van der Waals surface area contributed by atoms with Crippen LogP contribution in [0.1, 0.15) is 23.6 Å². The summed E-state index contributed by atoms with van der Waals surface area (Å²) in [5.41, 5.74) is 2.23. The van der Waals surface area contributed by atoms with Crippen molar-refractivity contribution in [3.05, 3.63) is 35.9 Å². The molecule has 0 aliphatic heterocycles. The van der Waals surface area contributed by atoms with E-state index in [-0.39, 0.29) is 11.8 Å². The Kier molecular flexibility index (Phi) is 3.54. The van der Waals surface area contributed by atoms with Gasteiger partial charge in [0.2, 0.25) is 5.91 Å². The number of rotatable bonds is 4. The third-order valence-corrected chi connectivity index (χ3v) is 3.93. The first kappa shape index (κ1) is 12.9.